The first-order chi connectivity index (χ1) is 9.79. The standard InChI is InChI=1S/C13H15N5OS/c14-12(17-19)11-13(16-5-4-15-11)18(10-1-2-10)7-9-3-6-20-8-9/h3-6,8,10,19H,1-2,7H2,(H2,14,17). The molecule has 0 aromatic carbocycles. The number of anilines is 1. The van der Waals surface area contributed by atoms with E-state index in [1.54, 1.807) is 23.7 Å². The summed E-state index contributed by atoms with van der Waals surface area (Å²) in [5.74, 6) is 0.667. The number of oxime groups is 1. The molecular weight excluding hydrogens is 274 g/mol. The largest absolute Gasteiger partial charge is 0.409 e. The molecule has 0 bridgehead atoms. The maximum atomic E-state index is 8.88. The number of thiophene rings is 1. The molecule has 1 aliphatic carbocycles. The average Bonchev–Trinajstić information content (AvgIpc) is 3.20. The Morgan fingerprint density at radius 3 is 2.90 bits per heavy atom. The SMILES string of the molecule is NC(=NO)c1nccnc1N(Cc1ccsc1)C1CC1. The van der Waals surface area contributed by atoms with Gasteiger partial charge in [-0.05, 0) is 35.2 Å². The topological polar surface area (TPSA) is 87.6 Å². The van der Waals surface area contributed by atoms with Gasteiger partial charge in [-0.2, -0.15) is 11.3 Å². The third kappa shape index (κ3) is 2.57. The van der Waals surface area contributed by atoms with Crippen LogP contribution in [-0.4, -0.2) is 27.1 Å². The summed E-state index contributed by atoms with van der Waals surface area (Å²) < 4.78 is 0. The van der Waals surface area contributed by atoms with Gasteiger partial charge < -0.3 is 15.8 Å². The molecule has 0 spiro atoms. The number of aromatic nitrogens is 2. The summed E-state index contributed by atoms with van der Waals surface area (Å²) in [4.78, 5) is 10.8. The number of nitrogens with two attached hydrogens (primary N) is 1. The highest BCUT2D eigenvalue weighted by atomic mass is 32.1. The van der Waals surface area contributed by atoms with Gasteiger partial charge in [-0.25, -0.2) is 9.97 Å². The summed E-state index contributed by atoms with van der Waals surface area (Å²) in [5.41, 5.74) is 7.36. The third-order valence-electron chi connectivity index (χ3n) is 3.22. The molecule has 3 rings (SSSR count). The van der Waals surface area contributed by atoms with Crippen LogP contribution in [0.3, 0.4) is 0 Å². The normalized spacial score (nSPS) is 15.3. The monoisotopic (exact) mass is 289 g/mol. The Morgan fingerprint density at radius 1 is 1.45 bits per heavy atom. The fourth-order valence-electron chi connectivity index (χ4n) is 2.11. The van der Waals surface area contributed by atoms with Gasteiger partial charge in [0.2, 0.25) is 0 Å². The van der Waals surface area contributed by atoms with E-state index in [1.807, 2.05) is 0 Å². The Morgan fingerprint density at radius 2 is 2.25 bits per heavy atom. The maximum Gasteiger partial charge on any atom is 0.192 e. The highest BCUT2D eigenvalue weighted by molar-refractivity contribution is 7.07. The summed E-state index contributed by atoms with van der Waals surface area (Å²) in [7, 11) is 0. The summed E-state index contributed by atoms with van der Waals surface area (Å²) in [5, 5.41) is 16.1. The molecule has 0 unspecified atom stereocenters. The van der Waals surface area contributed by atoms with Crippen LogP contribution in [0.2, 0.25) is 0 Å². The fourth-order valence-corrected chi connectivity index (χ4v) is 2.77. The lowest BCUT2D eigenvalue weighted by Crippen LogP contribution is -2.30. The second kappa shape index (κ2) is 5.46. The van der Waals surface area contributed by atoms with Crippen LogP contribution in [0.4, 0.5) is 5.82 Å². The smallest absolute Gasteiger partial charge is 0.192 e. The van der Waals surface area contributed by atoms with E-state index in [0.29, 0.717) is 17.6 Å². The van der Waals surface area contributed by atoms with Gasteiger partial charge in [-0.15, -0.1) is 0 Å². The van der Waals surface area contributed by atoms with E-state index < -0.39 is 0 Å². The van der Waals surface area contributed by atoms with Crippen LogP contribution in [0.15, 0.2) is 34.4 Å². The molecule has 20 heavy (non-hydrogen) atoms. The predicted molar refractivity (Wildman–Crippen MR) is 78.1 cm³/mol. The van der Waals surface area contributed by atoms with E-state index in [2.05, 4.69) is 36.9 Å². The van der Waals surface area contributed by atoms with Gasteiger partial charge in [-0.3, -0.25) is 0 Å². The molecule has 2 heterocycles. The van der Waals surface area contributed by atoms with E-state index in [1.165, 1.54) is 5.56 Å². The first-order valence-corrected chi connectivity index (χ1v) is 7.30. The van der Waals surface area contributed by atoms with Crippen LogP contribution >= 0.6 is 11.3 Å². The molecule has 1 saturated carbocycles. The van der Waals surface area contributed by atoms with Gasteiger partial charge in [0, 0.05) is 25.0 Å². The molecule has 1 fully saturated rings. The van der Waals surface area contributed by atoms with E-state index in [-0.39, 0.29) is 5.84 Å². The second-order valence-corrected chi connectivity index (χ2v) is 5.48. The predicted octanol–water partition coefficient (Wildman–Crippen LogP) is 1.80. The Labute approximate surface area is 120 Å². The maximum absolute atomic E-state index is 8.88. The minimum absolute atomic E-state index is 0.0101. The van der Waals surface area contributed by atoms with Crippen molar-refractivity contribution in [2.24, 2.45) is 10.9 Å². The van der Waals surface area contributed by atoms with E-state index in [9.17, 15) is 0 Å². The lowest BCUT2D eigenvalue weighted by Gasteiger charge is -2.24. The zero-order valence-corrected chi connectivity index (χ0v) is 11.6. The number of hydrogen-bond acceptors (Lipinski definition) is 6. The molecule has 0 saturated heterocycles. The number of hydrogen-bond donors (Lipinski definition) is 2. The van der Waals surface area contributed by atoms with Gasteiger partial charge in [0.15, 0.2) is 17.3 Å². The third-order valence-corrected chi connectivity index (χ3v) is 3.95. The molecule has 104 valence electrons. The minimum atomic E-state index is -0.0101. The molecular formula is C13H15N5OS. The molecule has 0 amide bonds. The fraction of sp³-hybridized carbons (Fsp3) is 0.308. The molecule has 3 N–H and O–H groups in total. The summed E-state index contributed by atoms with van der Waals surface area (Å²) >= 11 is 1.67. The summed E-state index contributed by atoms with van der Waals surface area (Å²) in [6, 6.07) is 2.55. The van der Waals surface area contributed by atoms with Crippen molar-refractivity contribution >= 4 is 23.0 Å². The van der Waals surface area contributed by atoms with Crippen molar-refractivity contribution in [3.05, 3.63) is 40.5 Å². The van der Waals surface area contributed by atoms with Gasteiger partial charge in [0.05, 0.1) is 0 Å². The van der Waals surface area contributed by atoms with Crippen LogP contribution in [0.5, 0.6) is 0 Å². The second-order valence-electron chi connectivity index (χ2n) is 4.70. The van der Waals surface area contributed by atoms with E-state index in [4.69, 9.17) is 10.9 Å². The first kappa shape index (κ1) is 12.9. The van der Waals surface area contributed by atoms with Crippen LogP contribution in [-0.2, 0) is 6.54 Å². The zero-order valence-electron chi connectivity index (χ0n) is 10.8. The highest BCUT2D eigenvalue weighted by Crippen LogP contribution is 2.33. The van der Waals surface area contributed by atoms with Gasteiger partial charge in [0.25, 0.3) is 0 Å². The lowest BCUT2D eigenvalue weighted by atomic mass is 10.2. The molecule has 0 radical (unpaired) electrons. The molecule has 6 nitrogen and oxygen atoms in total. The Bertz CT molecular complexity index is 609. The Kier molecular flexibility index (Phi) is 3.51. The first-order valence-electron chi connectivity index (χ1n) is 6.36. The van der Waals surface area contributed by atoms with Crippen molar-refractivity contribution in [1.82, 2.24) is 9.97 Å². The number of amidine groups is 1. The highest BCUT2D eigenvalue weighted by Gasteiger charge is 2.32. The summed E-state index contributed by atoms with van der Waals surface area (Å²) in [6.07, 6.45) is 5.45. The van der Waals surface area contributed by atoms with Crippen molar-refractivity contribution in [2.45, 2.75) is 25.4 Å². The molecule has 0 atom stereocenters. The van der Waals surface area contributed by atoms with Crippen molar-refractivity contribution in [3.63, 3.8) is 0 Å². The molecule has 2 aromatic rings. The van der Waals surface area contributed by atoms with Crippen molar-refractivity contribution in [2.75, 3.05) is 4.90 Å². The lowest BCUT2D eigenvalue weighted by molar-refractivity contribution is 0.318. The zero-order chi connectivity index (χ0) is 13.9. The molecule has 2 aromatic heterocycles. The Hall–Kier alpha value is -2.15. The molecule has 0 aliphatic heterocycles. The Balaban J connectivity index is 1.95. The number of rotatable bonds is 5. The van der Waals surface area contributed by atoms with Crippen molar-refractivity contribution in [3.8, 4) is 0 Å². The van der Waals surface area contributed by atoms with E-state index >= 15 is 0 Å². The van der Waals surface area contributed by atoms with Crippen LogP contribution in [0.25, 0.3) is 0 Å². The molecule has 7 heteroatoms. The van der Waals surface area contributed by atoms with Crippen molar-refractivity contribution < 1.29 is 5.21 Å². The van der Waals surface area contributed by atoms with Crippen LogP contribution in [0, 0.1) is 0 Å². The number of nitrogens with zero attached hydrogens (tertiary/aromatic N) is 4. The van der Waals surface area contributed by atoms with E-state index in [0.717, 1.165) is 19.4 Å². The molecule has 1 aliphatic rings. The van der Waals surface area contributed by atoms with Gasteiger partial charge in [0.1, 0.15) is 0 Å². The van der Waals surface area contributed by atoms with Crippen LogP contribution in [0.1, 0.15) is 24.1 Å². The van der Waals surface area contributed by atoms with Crippen molar-refractivity contribution in [1.29, 1.82) is 0 Å². The van der Waals surface area contributed by atoms with Crippen LogP contribution < -0.4 is 10.6 Å². The average molecular weight is 289 g/mol. The summed E-state index contributed by atoms with van der Waals surface area (Å²) in [6.45, 7) is 0.762. The van der Waals surface area contributed by atoms with Gasteiger partial charge in [-0.1, -0.05) is 5.16 Å². The quantitative estimate of drug-likeness (QED) is 0.379. The van der Waals surface area contributed by atoms with Gasteiger partial charge >= 0.3 is 0 Å². The minimum Gasteiger partial charge on any atom is -0.409 e.